The lowest BCUT2D eigenvalue weighted by molar-refractivity contribution is -0.176. The molecule has 0 amide bonds. The molecule has 2 nitrogen and oxygen atoms in total. The van der Waals surface area contributed by atoms with Crippen LogP contribution in [0, 0.1) is 63.1 Å². The molecule has 0 unspecified atom stereocenters. The molecule has 0 saturated heterocycles. The molecule has 4 aliphatic rings. The standard InChI is InChI=1S/C17H24N2/c1-16(2,3)17(15(9-18)10-19)13-5-11-4-12(7-13)8-14(17)6-11/h11-15H,4-8H2,1-3H3. The van der Waals surface area contributed by atoms with Crippen LogP contribution in [0.5, 0.6) is 0 Å². The third-order valence-corrected chi connectivity index (χ3v) is 6.52. The van der Waals surface area contributed by atoms with Crippen LogP contribution in [0.15, 0.2) is 0 Å². The molecule has 0 spiro atoms. The molecule has 4 aliphatic carbocycles. The van der Waals surface area contributed by atoms with Crippen molar-refractivity contribution in [3.63, 3.8) is 0 Å². The van der Waals surface area contributed by atoms with E-state index in [2.05, 4.69) is 32.9 Å². The molecule has 102 valence electrons. The van der Waals surface area contributed by atoms with E-state index in [1.54, 1.807) is 0 Å². The van der Waals surface area contributed by atoms with Gasteiger partial charge in [0.2, 0.25) is 0 Å². The first-order valence-corrected chi connectivity index (χ1v) is 7.72. The molecule has 4 fully saturated rings. The van der Waals surface area contributed by atoms with E-state index in [0.717, 1.165) is 11.8 Å². The van der Waals surface area contributed by atoms with Crippen LogP contribution in [0.25, 0.3) is 0 Å². The number of rotatable bonds is 1. The first kappa shape index (κ1) is 13.0. The second-order valence-corrected chi connectivity index (χ2v) is 8.18. The predicted molar refractivity (Wildman–Crippen MR) is 73.6 cm³/mol. The summed E-state index contributed by atoms with van der Waals surface area (Å²) < 4.78 is 0. The highest BCUT2D eigenvalue weighted by Gasteiger charge is 2.64. The fraction of sp³-hybridized carbons (Fsp3) is 0.882. The highest BCUT2D eigenvalue weighted by molar-refractivity contribution is 5.21. The van der Waals surface area contributed by atoms with E-state index >= 15 is 0 Å². The lowest BCUT2D eigenvalue weighted by atomic mass is 9.37. The molecule has 4 bridgehead atoms. The minimum absolute atomic E-state index is 0.0474. The van der Waals surface area contributed by atoms with E-state index in [-0.39, 0.29) is 10.8 Å². The van der Waals surface area contributed by atoms with E-state index in [1.807, 2.05) is 0 Å². The Hall–Kier alpha value is -1.02. The summed E-state index contributed by atoms with van der Waals surface area (Å²) in [6.07, 6.45) is 6.49. The van der Waals surface area contributed by atoms with Gasteiger partial charge in [0.1, 0.15) is 5.92 Å². The van der Waals surface area contributed by atoms with Gasteiger partial charge in [-0.05, 0) is 61.2 Å². The Morgan fingerprint density at radius 2 is 1.32 bits per heavy atom. The van der Waals surface area contributed by atoms with Crippen molar-refractivity contribution in [1.29, 1.82) is 10.5 Å². The zero-order chi connectivity index (χ0) is 13.8. The lowest BCUT2D eigenvalue weighted by Gasteiger charge is -2.66. The van der Waals surface area contributed by atoms with Crippen molar-refractivity contribution in [2.24, 2.45) is 40.4 Å². The van der Waals surface area contributed by atoms with Crippen LogP contribution in [0.1, 0.15) is 52.9 Å². The maximum atomic E-state index is 9.57. The Morgan fingerprint density at radius 1 is 0.895 bits per heavy atom. The van der Waals surface area contributed by atoms with Gasteiger partial charge < -0.3 is 0 Å². The number of hydrogen-bond donors (Lipinski definition) is 0. The molecule has 2 heteroatoms. The van der Waals surface area contributed by atoms with Gasteiger partial charge in [0.25, 0.3) is 0 Å². The van der Waals surface area contributed by atoms with Crippen LogP contribution >= 0.6 is 0 Å². The Labute approximate surface area is 116 Å². The van der Waals surface area contributed by atoms with Crippen molar-refractivity contribution >= 4 is 0 Å². The van der Waals surface area contributed by atoms with Gasteiger partial charge >= 0.3 is 0 Å². The van der Waals surface area contributed by atoms with Crippen molar-refractivity contribution in [3.05, 3.63) is 0 Å². The third kappa shape index (κ3) is 1.53. The summed E-state index contributed by atoms with van der Waals surface area (Å²) in [6, 6.07) is 4.73. The maximum Gasteiger partial charge on any atom is 0.139 e. The largest absolute Gasteiger partial charge is 0.197 e. The Balaban J connectivity index is 2.11. The lowest BCUT2D eigenvalue weighted by Crippen LogP contribution is -2.61. The summed E-state index contributed by atoms with van der Waals surface area (Å²) in [5.74, 6) is 2.55. The summed E-state index contributed by atoms with van der Waals surface area (Å²) in [6.45, 7) is 6.78. The molecule has 0 atom stereocenters. The monoisotopic (exact) mass is 256 g/mol. The van der Waals surface area contributed by atoms with Gasteiger partial charge in [-0.15, -0.1) is 0 Å². The van der Waals surface area contributed by atoms with Gasteiger partial charge in [0, 0.05) is 5.41 Å². The minimum atomic E-state index is -0.428. The molecule has 0 aliphatic heterocycles. The molecule has 0 aromatic rings. The van der Waals surface area contributed by atoms with E-state index in [1.165, 1.54) is 32.1 Å². The Bertz CT molecular complexity index is 415. The summed E-state index contributed by atoms with van der Waals surface area (Å²) in [4.78, 5) is 0. The second kappa shape index (κ2) is 3.99. The van der Waals surface area contributed by atoms with Gasteiger partial charge in [0.15, 0.2) is 0 Å². The first-order valence-electron chi connectivity index (χ1n) is 7.72. The minimum Gasteiger partial charge on any atom is -0.197 e. The van der Waals surface area contributed by atoms with Gasteiger partial charge in [-0.1, -0.05) is 20.8 Å². The van der Waals surface area contributed by atoms with Crippen LogP contribution in [-0.2, 0) is 0 Å². The summed E-state index contributed by atoms with van der Waals surface area (Å²) in [5.41, 5.74) is -0.0182. The smallest absolute Gasteiger partial charge is 0.139 e. The molecule has 0 heterocycles. The molecule has 19 heavy (non-hydrogen) atoms. The van der Waals surface area contributed by atoms with Crippen molar-refractivity contribution in [2.75, 3.05) is 0 Å². The van der Waals surface area contributed by atoms with E-state index in [0.29, 0.717) is 11.8 Å². The van der Waals surface area contributed by atoms with Crippen molar-refractivity contribution in [3.8, 4) is 12.1 Å². The fourth-order valence-corrected chi connectivity index (χ4v) is 6.34. The summed E-state index contributed by atoms with van der Waals surface area (Å²) >= 11 is 0. The average Bonchev–Trinajstić information content (AvgIpc) is 2.31. The number of hydrogen-bond acceptors (Lipinski definition) is 2. The maximum absolute atomic E-state index is 9.57. The van der Waals surface area contributed by atoms with Gasteiger partial charge in [-0.3, -0.25) is 0 Å². The normalized spacial score (nSPS) is 44.1. The van der Waals surface area contributed by atoms with E-state index in [4.69, 9.17) is 0 Å². The first-order chi connectivity index (χ1) is 8.93. The molecular formula is C17H24N2. The van der Waals surface area contributed by atoms with Crippen LogP contribution in [0.4, 0.5) is 0 Å². The molecule has 4 saturated carbocycles. The van der Waals surface area contributed by atoms with E-state index < -0.39 is 5.92 Å². The quantitative estimate of drug-likeness (QED) is 0.708. The molecular weight excluding hydrogens is 232 g/mol. The number of nitrogens with zero attached hydrogens (tertiary/aromatic N) is 2. The second-order valence-electron chi connectivity index (χ2n) is 8.18. The molecule has 0 N–H and O–H groups in total. The average molecular weight is 256 g/mol. The third-order valence-electron chi connectivity index (χ3n) is 6.52. The fourth-order valence-electron chi connectivity index (χ4n) is 6.34. The zero-order valence-electron chi connectivity index (χ0n) is 12.3. The summed E-state index contributed by atoms with van der Waals surface area (Å²) in [5, 5.41) is 19.1. The molecule has 0 radical (unpaired) electrons. The van der Waals surface area contributed by atoms with Crippen LogP contribution in [0.3, 0.4) is 0 Å². The van der Waals surface area contributed by atoms with Crippen molar-refractivity contribution in [2.45, 2.75) is 52.9 Å². The SMILES string of the molecule is CC(C)(C)C1(C(C#N)C#N)C2CC3CC(C2)CC1C3. The van der Waals surface area contributed by atoms with Crippen LogP contribution < -0.4 is 0 Å². The molecule has 0 aromatic carbocycles. The molecule has 0 aromatic heterocycles. The Morgan fingerprint density at radius 3 is 1.63 bits per heavy atom. The zero-order valence-corrected chi connectivity index (χ0v) is 12.3. The highest BCUT2D eigenvalue weighted by Crippen LogP contribution is 2.70. The molecule has 4 rings (SSSR count). The Kier molecular flexibility index (Phi) is 2.72. The highest BCUT2D eigenvalue weighted by atomic mass is 14.7. The van der Waals surface area contributed by atoms with Crippen molar-refractivity contribution in [1.82, 2.24) is 0 Å². The van der Waals surface area contributed by atoms with Crippen molar-refractivity contribution < 1.29 is 0 Å². The van der Waals surface area contributed by atoms with Gasteiger partial charge in [0.05, 0.1) is 12.1 Å². The van der Waals surface area contributed by atoms with E-state index in [9.17, 15) is 10.5 Å². The van der Waals surface area contributed by atoms with Crippen LogP contribution in [-0.4, -0.2) is 0 Å². The number of nitriles is 2. The van der Waals surface area contributed by atoms with Gasteiger partial charge in [-0.25, -0.2) is 0 Å². The predicted octanol–water partition coefficient (Wildman–Crippen LogP) is 4.14. The van der Waals surface area contributed by atoms with Crippen LogP contribution in [0.2, 0.25) is 0 Å². The summed E-state index contributed by atoms with van der Waals surface area (Å²) in [7, 11) is 0. The topological polar surface area (TPSA) is 47.6 Å². The van der Waals surface area contributed by atoms with Gasteiger partial charge in [-0.2, -0.15) is 10.5 Å².